The minimum absolute atomic E-state index is 0.212. The summed E-state index contributed by atoms with van der Waals surface area (Å²) in [6.45, 7) is 8.43. The first kappa shape index (κ1) is 16.2. The number of carbonyl (C=O) groups excluding carboxylic acids is 1. The number of nitrogens with one attached hydrogen (secondary N) is 2. The molecule has 0 fully saturated rings. The Hall–Kier alpha value is -0.820. The van der Waals surface area contributed by atoms with Gasteiger partial charge < -0.3 is 4.74 Å². The van der Waals surface area contributed by atoms with E-state index in [1.165, 1.54) is 0 Å². The summed E-state index contributed by atoms with van der Waals surface area (Å²) >= 11 is 0. The van der Waals surface area contributed by atoms with E-state index in [0.29, 0.717) is 18.4 Å². The average molecular weight is 266 g/mol. The van der Waals surface area contributed by atoms with E-state index in [-0.39, 0.29) is 5.92 Å². The second-order valence-corrected chi connectivity index (χ2v) is 6.10. The number of carbonyl (C=O) groups is 1. The van der Waals surface area contributed by atoms with Crippen LogP contribution in [0.2, 0.25) is 0 Å². The Balaban J connectivity index is 4.39. The van der Waals surface area contributed by atoms with Gasteiger partial charge in [0.2, 0.25) is 0 Å². The highest BCUT2D eigenvalue weighted by atomic mass is 32.2. The molecular formula is C10H22N2O4S. The van der Waals surface area contributed by atoms with Gasteiger partial charge in [0.15, 0.2) is 0 Å². The van der Waals surface area contributed by atoms with Crippen molar-refractivity contribution in [1.82, 2.24) is 9.44 Å². The minimum Gasteiger partial charge on any atom is -0.452 e. The Morgan fingerprint density at radius 1 is 1.18 bits per heavy atom. The van der Waals surface area contributed by atoms with E-state index < -0.39 is 16.3 Å². The van der Waals surface area contributed by atoms with Crippen LogP contribution in [-0.2, 0) is 14.9 Å². The minimum atomic E-state index is -3.83. The number of methoxy groups -OCH3 is 1. The van der Waals surface area contributed by atoms with Crippen molar-refractivity contribution < 1.29 is 17.9 Å². The van der Waals surface area contributed by atoms with Crippen LogP contribution in [0.1, 0.15) is 27.7 Å². The SMILES string of the molecule is COC(=O)NS(=O)(=O)NCC(C(C)C)C(C)C. The lowest BCUT2D eigenvalue weighted by Gasteiger charge is -2.24. The monoisotopic (exact) mass is 266 g/mol. The fourth-order valence-corrected chi connectivity index (χ4v) is 2.42. The molecule has 0 aromatic rings. The topological polar surface area (TPSA) is 84.5 Å². The largest absolute Gasteiger partial charge is 0.452 e. The Kier molecular flexibility index (Phi) is 6.48. The molecule has 0 radical (unpaired) electrons. The van der Waals surface area contributed by atoms with E-state index in [9.17, 15) is 13.2 Å². The van der Waals surface area contributed by atoms with Gasteiger partial charge in [0.05, 0.1) is 7.11 Å². The molecule has 0 heterocycles. The maximum absolute atomic E-state index is 11.4. The van der Waals surface area contributed by atoms with Gasteiger partial charge in [0, 0.05) is 6.54 Å². The molecule has 0 saturated carbocycles. The van der Waals surface area contributed by atoms with Crippen LogP contribution >= 0.6 is 0 Å². The predicted octanol–water partition coefficient (Wildman–Crippen LogP) is 1.10. The van der Waals surface area contributed by atoms with Gasteiger partial charge in [-0.05, 0) is 17.8 Å². The fourth-order valence-electron chi connectivity index (χ4n) is 1.63. The van der Waals surface area contributed by atoms with Crippen molar-refractivity contribution >= 4 is 16.3 Å². The molecule has 0 aromatic carbocycles. The zero-order valence-electron chi connectivity index (χ0n) is 11.0. The van der Waals surface area contributed by atoms with Crippen LogP contribution in [0.3, 0.4) is 0 Å². The average Bonchev–Trinajstić information content (AvgIpc) is 2.15. The van der Waals surface area contributed by atoms with Crippen LogP contribution in [0.15, 0.2) is 0 Å². The molecule has 0 aromatic heterocycles. The van der Waals surface area contributed by atoms with E-state index in [2.05, 4.69) is 9.46 Å². The number of hydrogen-bond donors (Lipinski definition) is 2. The summed E-state index contributed by atoms with van der Waals surface area (Å²) in [5.74, 6) is 0.927. The number of ether oxygens (including phenoxy) is 1. The van der Waals surface area contributed by atoms with Gasteiger partial charge in [-0.1, -0.05) is 27.7 Å². The summed E-state index contributed by atoms with van der Waals surface area (Å²) in [4.78, 5) is 10.8. The van der Waals surface area contributed by atoms with Gasteiger partial charge in [0.25, 0.3) is 0 Å². The maximum Gasteiger partial charge on any atom is 0.421 e. The van der Waals surface area contributed by atoms with Crippen molar-refractivity contribution in [3.8, 4) is 0 Å². The molecule has 0 saturated heterocycles. The highest BCUT2D eigenvalue weighted by Gasteiger charge is 2.21. The molecule has 1 amide bonds. The van der Waals surface area contributed by atoms with Gasteiger partial charge in [-0.15, -0.1) is 0 Å². The third-order valence-corrected chi connectivity index (χ3v) is 3.61. The first-order chi connectivity index (χ1) is 7.69. The summed E-state index contributed by atoms with van der Waals surface area (Å²) in [7, 11) is -2.72. The Labute approximate surface area is 103 Å². The van der Waals surface area contributed by atoms with Crippen molar-refractivity contribution in [2.24, 2.45) is 17.8 Å². The lowest BCUT2D eigenvalue weighted by molar-refractivity contribution is 0.177. The maximum atomic E-state index is 11.4. The molecule has 2 N–H and O–H groups in total. The molecule has 102 valence electrons. The van der Waals surface area contributed by atoms with E-state index in [1.807, 2.05) is 27.7 Å². The zero-order valence-corrected chi connectivity index (χ0v) is 11.8. The summed E-state index contributed by atoms with van der Waals surface area (Å²) in [6, 6.07) is 0. The quantitative estimate of drug-likeness (QED) is 0.754. The standard InChI is InChI=1S/C10H22N2O4S/c1-7(2)9(8(3)4)6-11-17(14,15)12-10(13)16-5/h7-9,11H,6H2,1-5H3,(H,12,13). The summed E-state index contributed by atoms with van der Waals surface area (Å²) in [5.41, 5.74) is 0. The zero-order chi connectivity index (χ0) is 13.6. The Bertz CT molecular complexity index is 330. The molecule has 17 heavy (non-hydrogen) atoms. The number of rotatable bonds is 6. The van der Waals surface area contributed by atoms with Crippen LogP contribution in [0.25, 0.3) is 0 Å². The molecule has 0 aliphatic carbocycles. The summed E-state index contributed by atoms with van der Waals surface area (Å²) in [6.07, 6.45) is -0.997. The van der Waals surface area contributed by atoms with Crippen molar-refractivity contribution in [1.29, 1.82) is 0 Å². The van der Waals surface area contributed by atoms with Crippen LogP contribution in [-0.4, -0.2) is 28.2 Å². The highest BCUT2D eigenvalue weighted by Crippen LogP contribution is 2.19. The third kappa shape index (κ3) is 6.48. The van der Waals surface area contributed by atoms with Crippen LogP contribution < -0.4 is 9.44 Å². The third-order valence-electron chi connectivity index (χ3n) is 2.62. The molecule has 0 spiro atoms. The van der Waals surface area contributed by atoms with Crippen LogP contribution in [0, 0.1) is 17.8 Å². The van der Waals surface area contributed by atoms with Crippen LogP contribution in [0.5, 0.6) is 0 Å². The Morgan fingerprint density at radius 2 is 1.65 bits per heavy atom. The molecule has 0 rings (SSSR count). The predicted molar refractivity (Wildman–Crippen MR) is 65.6 cm³/mol. The van der Waals surface area contributed by atoms with Crippen molar-refractivity contribution in [2.75, 3.05) is 13.7 Å². The van der Waals surface area contributed by atoms with Gasteiger partial charge >= 0.3 is 16.3 Å². The normalized spacial score (nSPS) is 12.2. The fraction of sp³-hybridized carbons (Fsp3) is 0.900. The second kappa shape index (κ2) is 6.80. The number of amides is 1. The number of hydrogen-bond acceptors (Lipinski definition) is 4. The molecule has 0 atom stereocenters. The van der Waals surface area contributed by atoms with Gasteiger partial charge in [0.1, 0.15) is 0 Å². The molecule has 0 aliphatic heterocycles. The molecular weight excluding hydrogens is 244 g/mol. The Morgan fingerprint density at radius 3 is 2.00 bits per heavy atom. The van der Waals surface area contributed by atoms with Gasteiger partial charge in [-0.2, -0.15) is 13.1 Å². The van der Waals surface area contributed by atoms with Crippen molar-refractivity contribution in [2.45, 2.75) is 27.7 Å². The lowest BCUT2D eigenvalue weighted by Crippen LogP contribution is -2.43. The van der Waals surface area contributed by atoms with Gasteiger partial charge in [-0.3, -0.25) is 0 Å². The molecule has 0 unspecified atom stereocenters. The summed E-state index contributed by atoms with van der Waals surface area (Å²) < 4.78 is 31.2. The smallest absolute Gasteiger partial charge is 0.421 e. The van der Waals surface area contributed by atoms with E-state index in [4.69, 9.17) is 0 Å². The summed E-state index contributed by atoms with van der Waals surface area (Å²) in [5, 5.41) is 0. The van der Waals surface area contributed by atoms with E-state index >= 15 is 0 Å². The lowest BCUT2D eigenvalue weighted by atomic mass is 9.86. The first-order valence-electron chi connectivity index (χ1n) is 5.55. The highest BCUT2D eigenvalue weighted by molar-refractivity contribution is 7.88. The molecule has 6 nitrogen and oxygen atoms in total. The van der Waals surface area contributed by atoms with E-state index in [0.717, 1.165) is 7.11 Å². The van der Waals surface area contributed by atoms with Crippen molar-refractivity contribution in [3.63, 3.8) is 0 Å². The van der Waals surface area contributed by atoms with E-state index in [1.54, 1.807) is 4.72 Å². The first-order valence-corrected chi connectivity index (χ1v) is 7.03. The molecule has 7 heteroatoms. The van der Waals surface area contributed by atoms with Crippen LogP contribution in [0.4, 0.5) is 4.79 Å². The second-order valence-electron chi connectivity index (χ2n) is 4.60. The van der Waals surface area contributed by atoms with Crippen molar-refractivity contribution in [3.05, 3.63) is 0 Å². The molecule has 0 bridgehead atoms. The van der Waals surface area contributed by atoms with Gasteiger partial charge in [-0.25, -0.2) is 9.52 Å². The molecule has 0 aliphatic rings.